The zero-order valence-electron chi connectivity index (χ0n) is 12.3. The number of ether oxygens (including phenoxy) is 1. The Hall–Kier alpha value is -1.34. The summed E-state index contributed by atoms with van der Waals surface area (Å²) in [6, 6.07) is -0.330. The van der Waals surface area contributed by atoms with Gasteiger partial charge in [0, 0.05) is 20.2 Å². The standard InChI is InChI=1S/C13H25N3O4/c1-15-5-3-11(4-6-15)9-14-13(19)16(7-8-20-2)10-12(17)18/h11H,3-10H2,1-2H3,(H,14,19)(H,17,18). The Morgan fingerprint density at radius 3 is 2.60 bits per heavy atom. The van der Waals surface area contributed by atoms with E-state index in [-0.39, 0.29) is 19.1 Å². The van der Waals surface area contributed by atoms with E-state index in [9.17, 15) is 9.59 Å². The predicted octanol–water partition coefficient (Wildman–Crippen LogP) is 0.0708. The zero-order valence-corrected chi connectivity index (χ0v) is 12.3. The number of rotatable bonds is 7. The average molecular weight is 287 g/mol. The molecule has 0 aromatic rings. The molecule has 0 unspecified atom stereocenters. The Morgan fingerprint density at radius 2 is 2.05 bits per heavy atom. The molecule has 0 aromatic carbocycles. The number of piperidine rings is 1. The Kier molecular flexibility index (Phi) is 7.32. The SMILES string of the molecule is COCCN(CC(=O)O)C(=O)NCC1CCN(C)CC1. The van der Waals surface area contributed by atoms with E-state index < -0.39 is 5.97 Å². The van der Waals surface area contributed by atoms with Gasteiger partial charge in [0.25, 0.3) is 0 Å². The molecule has 0 aliphatic carbocycles. The summed E-state index contributed by atoms with van der Waals surface area (Å²) in [6.45, 7) is 3.00. The summed E-state index contributed by atoms with van der Waals surface area (Å²) in [5, 5.41) is 11.6. The van der Waals surface area contributed by atoms with E-state index >= 15 is 0 Å². The van der Waals surface area contributed by atoms with E-state index in [2.05, 4.69) is 17.3 Å². The van der Waals surface area contributed by atoms with Crippen molar-refractivity contribution < 1.29 is 19.4 Å². The van der Waals surface area contributed by atoms with E-state index in [0.717, 1.165) is 25.9 Å². The number of carbonyl (C=O) groups is 2. The minimum absolute atomic E-state index is 0.280. The molecular weight excluding hydrogens is 262 g/mol. The Bertz CT molecular complexity index is 317. The summed E-state index contributed by atoms with van der Waals surface area (Å²) in [5.41, 5.74) is 0. The summed E-state index contributed by atoms with van der Waals surface area (Å²) >= 11 is 0. The molecular formula is C13H25N3O4. The van der Waals surface area contributed by atoms with E-state index in [1.807, 2.05) is 0 Å². The fraction of sp³-hybridized carbons (Fsp3) is 0.846. The maximum absolute atomic E-state index is 12.0. The Morgan fingerprint density at radius 1 is 1.40 bits per heavy atom. The van der Waals surface area contributed by atoms with Gasteiger partial charge in [-0.3, -0.25) is 4.79 Å². The van der Waals surface area contributed by atoms with Gasteiger partial charge in [-0.05, 0) is 38.9 Å². The third-order valence-corrected chi connectivity index (χ3v) is 3.56. The average Bonchev–Trinajstić information content (AvgIpc) is 2.42. The molecule has 0 bridgehead atoms. The molecule has 2 amide bonds. The van der Waals surface area contributed by atoms with Gasteiger partial charge in [-0.1, -0.05) is 0 Å². The second-order valence-electron chi connectivity index (χ2n) is 5.24. The smallest absolute Gasteiger partial charge is 0.323 e. The molecule has 1 aliphatic rings. The topological polar surface area (TPSA) is 82.1 Å². The first-order valence-electron chi connectivity index (χ1n) is 6.95. The van der Waals surface area contributed by atoms with Crippen molar-refractivity contribution in [1.29, 1.82) is 0 Å². The van der Waals surface area contributed by atoms with Crippen molar-refractivity contribution in [3.8, 4) is 0 Å². The first-order chi connectivity index (χ1) is 9.52. The van der Waals surface area contributed by atoms with Gasteiger partial charge in [0.2, 0.25) is 0 Å². The highest BCUT2D eigenvalue weighted by Gasteiger charge is 2.20. The molecule has 1 aliphatic heterocycles. The van der Waals surface area contributed by atoms with E-state index in [1.54, 1.807) is 0 Å². The van der Waals surface area contributed by atoms with Crippen molar-refractivity contribution >= 4 is 12.0 Å². The van der Waals surface area contributed by atoms with E-state index in [0.29, 0.717) is 19.1 Å². The van der Waals surface area contributed by atoms with Crippen LogP contribution in [0.3, 0.4) is 0 Å². The summed E-state index contributed by atoms with van der Waals surface area (Å²) in [5.74, 6) is -0.542. The molecule has 0 saturated carbocycles. The van der Waals surface area contributed by atoms with Gasteiger partial charge in [0.15, 0.2) is 0 Å². The largest absolute Gasteiger partial charge is 0.480 e. The molecule has 1 saturated heterocycles. The first kappa shape index (κ1) is 16.7. The van der Waals surface area contributed by atoms with Crippen LogP contribution in [0.1, 0.15) is 12.8 Å². The number of hydrogen-bond acceptors (Lipinski definition) is 4. The number of carboxylic acids is 1. The number of carbonyl (C=O) groups excluding carboxylic acids is 1. The van der Waals surface area contributed by atoms with Gasteiger partial charge in [0.05, 0.1) is 6.61 Å². The highest BCUT2D eigenvalue weighted by molar-refractivity contribution is 5.80. The third-order valence-electron chi connectivity index (χ3n) is 3.56. The minimum atomic E-state index is -1.02. The van der Waals surface area contributed by atoms with Crippen LogP contribution >= 0.6 is 0 Å². The summed E-state index contributed by atoms with van der Waals surface area (Å²) in [4.78, 5) is 26.3. The molecule has 0 spiro atoms. The highest BCUT2D eigenvalue weighted by Crippen LogP contribution is 2.14. The maximum Gasteiger partial charge on any atom is 0.323 e. The van der Waals surface area contributed by atoms with Crippen LogP contribution in [0.5, 0.6) is 0 Å². The molecule has 1 fully saturated rings. The number of nitrogens with one attached hydrogen (secondary N) is 1. The second-order valence-corrected chi connectivity index (χ2v) is 5.24. The number of nitrogens with zero attached hydrogens (tertiary/aromatic N) is 2. The summed E-state index contributed by atoms with van der Waals surface area (Å²) in [6.07, 6.45) is 2.13. The minimum Gasteiger partial charge on any atom is -0.480 e. The van der Waals surface area contributed by atoms with Crippen molar-refractivity contribution in [3.05, 3.63) is 0 Å². The van der Waals surface area contributed by atoms with Gasteiger partial charge in [-0.25, -0.2) is 4.79 Å². The fourth-order valence-corrected chi connectivity index (χ4v) is 2.23. The Labute approximate surface area is 119 Å². The zero-order chi connectivity index (χ0) is 15.0. The lowest BCUT2D eigenvalue weighted by Gasteiger charge is -2.29. The molecule has 20 heavy (non-hydrogen) atoms. The molecule has 116 valence electrons. The van der Waals surface area contributed by atoms with Crippen molar-refractivity contribution in [3.63, 3.8) is 0 Å². The van der Waals surface area contributed by atoms with Gasteiger partial charge < -0.3 is 25.0 Å². The molecule has 7 nitrogen and oxygen atoms in total. The van der Waals surface area contributed by atoms with E-state index in [1.165, 1.54) is 12.0 Å². The molecule has 2 N–H and O–H groups in total. The number of urea groups is 1. The van der Waals surface area contributed by atoms with Crippen LogP contribution in [0.15, 0.2) is 0 Å². The molecule has 0 atom stereocenters. The summed E-state index contributed by atoms with van der Waals surface area (Å²) in [7, 11) is 3.61. The van der Waals surface area contributed by atoms with Gasteiger partial charge in [0.1, 0.15) is 6.54 Å². The van der Waals surface area contributed by atoms with Gasteiger partial charge in [-0.2, -0.15) is 0 Å². The number of amides is 2. The lowest BCUT2D eigenvalue weighted by Crippen LogP contribution is -2.46. The Balaban J connectivity index is 2.34. The van der Waals surface area contributed by atoms with Crippen LogP contribution in [0, 0.1) is 5.92 Å². The van der Waals surface area contributed by atoms with Gasteiger partial charge >= 0.3 is 12.0 Å². The van der Waals surface area contributed by atoms with Crippen molar-refractivity contribution in [2.75, 3.05) is 53.5 Å². The molecule has 1 rings (SSSR count). The lowest BCUT2D eigenvalue weighted by atomic mass is 9.97. The van der Waals surface area contributed by atoms with Crippen LogP contribution in [0.4, 0.5) is 4.79 Å². The number of aliphatic carboxylic acids is 1. The molecule has 7 heteroatoms. The molecule has 0 aromatic heterocycles. The molecule has 1 heterocycles. The number of likely N-dealkylation sites (tertiary alicyclic amines) is 1. The maximum atomic E-state index is 12.0. The first-order valence-corrected chi connectivity index (χ1v) is 6.95. The van der Waals surface area contributed by atoms with Crippen LogP contribution in [0.2, 0.25) is 0 Å². The predicted molar refractivity (Wildman–Crippen MR) is 74.7 cm³/mol. The van der Waals surface area contributed by atoms with Crippen molar-refractivity contribution in [2.24, 2.45) is 5.92 Å². The van der Waals surface area contributed by atoms with Crippen LogP contribution in [-0.4, -0.2) is 80.4 Å². The van der Waals surface area contributed by atoms with Crippen LogP contribution in [-0.2, 0) is 9.53 Å². The van der Waals surface area contributed by atoms with Crippen molar-refractivity contribution in [1.82, 2.24) is 15.1 Å². The molecule has 0 radical (unpaired) electrons. The van der Waals surface area contributed by atoms with Crippen LogP contribution in [0.25, 0.3) is 0 Å². The van der Waals surface area contributed by atoms with Crippen LogP contribution < -0.4 is 5.32 Å². The summed E-state index contributed by atoms with van der Waals surface area (Å²) < 4.78 is 4.89. The number of carboxylic acid groups (broad SMARTS) is 1. The quantitative estimate of drug-likeness (QED) is 0.692. The lowest BCUT2D eigenvalue weighted by molar-refractivity contribution is -0.137. The number of methoxy groups -OCH3 is 1. The monoisotopic (exact) mass is 287 g/mol. The highest BCUT2D eigenvalue weighted by atomic mass is 16.5. The second kappa shape index (κ2) is 8.76. The van der Waals surface area contributed by atoms with Gasteiger partial charge in [-0.15, -0.1) is 0 Å². The van der Waals surface area contributed by atoms with Crippen molar-refractivity contribution in [2.45, 2.75) is 12.8 Å². The fourth-order valence-electron chi connectivity index (χ4n) is 2.23. The number of hydrogen-bond donors (Lipinski definition) is 2. The van der Waals surface area contributed by atoms with E-state index in [4.69, 9.17) is 9.84 Å². The third kappa shape index (κ3) is 6.21. The normalized spacial score (nSPS) is 16.9.